The largest absolute Gasteiger partial charge is 0.385 e. The van der Waals surface area contributed by atoms with Gasteiger partial charge in [0.1, 0.15) is 23.3 Å². The Morgan fingerprint density at radius 1 is 0.769 bits per heavy atom. The normalized spacial score (nSPS) is 21.9. The van der Waals surface area contributed by atoms with Crippen LogP contribution in [0.15, 0.2) is 22.5 Å². The predicted molar refractivity (Wildman–Crippen MR) is 97.3 cm³/mol. The van der Waals surface area contributed by atoms with E-state index in [0.717, 1.165) is 0 Å². The standard InChI is InChI=1S/C20H26N4O2/c1-19(2)7-15(13(11-21)17(25)9-19)23-5-6-24-16-8-20(3,4)10-18(26)14(16)12-22/h23-24H,5-10H2,1-4H3. The summed E-state index contributed by atoms with van der Waals surface area (Å²) < 4.78 is 0. The van der Waals surface area contributed by atoms with Crippen molar-refractivity contribution in [2.45, 2.75) is 53.4 Å². The zero-order valence-electron chi connectivity index (χ0n) is 16.0. The Bertz CT molecular complexity index is 707. The van der Waals surface area contributed by atoms with E-state index in [1.807, 2.05) is 39.8 Å². The molecule has 0 bridgehead atoms. The lowest BCUT2D eigenvalue weighted by atomic mass is 9.76. The minimum Gasteiger partial charge on any atom is -0.385 e. The van der Waals surface area contributed by atoms with Gasteiger partial charge < -0.3 is 10.6 Å². The number of Topliss-reactive ketones (excluding diaryl/α,β-unsaturated/α-hetero) is 2. The first-order chi connectivity index (χ1) is 12.1. The number of carbonyl (C=O) groups excluding carboxylic acids is 2. The number of ketones is 2. The number of rotatable bonds is 5. The summed E-state index contributed by atoms with van der Waals surface area (Å²) in [7, 11) is 0. The monoisotopic (exact) mass is 354 g/mol. The third-order valence-electron chi connectivity index (χ3n) is 4.78. The highest BCUT2D eigenvalue weighted by molar-refractivity contribution is 6.01. The Labute approximate surface area is 154 Å². The molecule has 0 radical (unpaired) electrons. The number of allylic oxidation sites excluding steroid dienone is 4. The van der Waals surface area contributed by atoms with Gasteiger partial charge in [-0.3, -0.25) is 9.59 Å². The molecule has 0 aromatic heterocycles. The van der Waals surface area contributed by atoms with Crippen LogP contribution in [-0.4, -0.2) is 24.7 Å². The van der Waals surface area contributed by atoms with Crippen LogP contribution in [0.1, 0.15) is 53.4 Å². The first-order valence-electron chi connectivity index (χ1n) is 8.89. The van der Waals surface area contributed by atoms with Crippen molar-refractivity contribution in [1.82, 2.24) is 10.6 Å². The highest BCUT2D eigenvalue weighted by Crippen LogP contribution is 2.36. The molecule has 0 saturated heterocycles. The first-order valence-corrected chi connectivity index (χ1v) is 8.89. The molecule has 2 aliphatic carbocycles. The average Bonchev–Trinajstić information content (AvgIpc) is 2.49. The van der Waals surface area contributed by atoms with Gasteiger partial charge in [0.2, 0.25) is 0 Å². The fourth-order valence-electron chi connectivity index (χ4n) is 3.63. The summed E-state index contributed by atoms with van der Waals surface area (Å²) in [5, 5.41) is 24.9. The molecule has 138 valence electrons. The molecule has 0 amide bonds. The quantitative estimate of drug-likeness (QED) is 0.735. The molecule has 0 aliphatic heterocycles. The van der Waals surface area contributed by atoms with Crippen molar-refractivity contribution >= 4 is 11.6 Å². The maximum atomic E-state index is 12.1. The molecule has 6 nitrogen and oxygen atoms in total. The maximum absolute atomic E-state index is 12.1. The fourth-order valence-corrected chi connectivity index (χ4v) is 3.63. The number of hydrogen-bond donors (Lipinski definition) is 2. The third kappa shape index (κ3) is 4.52. The topological polar surface area (TPSA) is 106 Å². The van der Waals surface area contributed by atoms with Crippen LogP contribution in [0.2, 0.25) is 0 Å². The second-order valence-corrected chi connectivity index (χ2v) is 8.67. The molecule has 0 spiro atoms. The SMILES string of the molecule is CC1(C)CC(=O)C(C#N)=C(NCCNC2=C(C#N)C(=O)CC(C)(C)C2)C1. The Morgan fingerprint density at radius 3 is 1.42 bits per heavy atom. The van der Waals surface area contributed by atoms with Gasteiger partial charge in [-0.2, -0.15) is 10.5 Å². The number of hydrogen-bond acceptors (Lipinski definition) is 6. The number of nitrogens with zero attached hydrogens (tertiary/aromatic N) is 2. The minimum atomic E-state index is -0.163. The van der Waals surface area contributed by atoms with E-state index >= 15 is 0 Å². The Balaban J connectivity index is 2.02. The molecule has 2 N–H and O–H groups in total. The Morgan fingerprint density at radius 2 is 1.12 bits per heavy atom. The summed E-state index contributed by atoms with van der Waals surface area (Å²) in [5.41, 5.74) is 1.48. The van der Waals surface area contributed by atoms with Crippen molar-refractivity contribution < 1.29 is 9.59 Å². The lowest BCUT2D eigenvalue weighted by molar-refractivity contribution is -0.118. The van der Waals surface area contributed by atoms with Crippen LogP contribution in [0.4, 0.5) is 0 Å². The molecule has 0 fully saturated rings. The van der Waals surface area contributed by atoms with Crippen LogP contribution >= 0.6 is 0 Å². The van der Waals surface area contributed by atoms with E-state index in [1.54, 1.807) is 0 Å². The maximum Gasteiger partial charge on any atom is 0.175 e. The highest BCUT2D eigenvalue weighted by Gasteiger charge is 2.34. The van der Waals surface area contributed by atoms with Crippen molar-refractivity contribution in [3.05, 3.63) is 22.5 Å². The average molecular weight is 354 g/mol. The van der Waals surface area contributed by atoms with Gasteiger partial charge in [-0.15, -0.1) is 0 Å². The van der Waals surface area contributed by atoms with Crippen molar-refractivity contribution in [3.8, 4) is 12.1 Å². The van der Waals surface area contributed by atoms with Gasteiger partial charge in [0.15, 0.2) is 11.6 Å². The van der Waals surface area contributed by atoms with Gasteiger partial charge >= 0.3 is 0 Å². The predicted octanol–water partition coefficient (Wildman–Crippen LogP) is 2.50. The van der Waals surface area contributed by atoms with E-state index < -0.39 is 0 Å². The summed E-state index contributed by atoms with van der Waals surface area (Å²) >= 11 is 0. The molecule has 2 aliphatic rings. The van der Waals surface area contributed by atoms with Crippen LogP contribution in [0.3, 0.4) is 0 Å². The van der Waals surface area contributed by atoms with Gasteiger partial charge in [-0.05, 0) is 23.7 Å². The van der Waals surface area contributed by atoms with E-state index in [9.17, 15) is 20.1 Å². The zero-order valence-corrected chi connectivity index (χ0v) is 16.0. The summed E-state index contributed by atoms with van der Waals surface area (Å²) in [6.07, 6.45) is 2.07. The van der Waals surface area contributed by atoms with Crippen LogP contribution in [-0.2, 0) is 9.59 Å². The highest BCUT2D eigenvalue weighted by atomic mass is 16.1. The summed E-state index contributed by atoms with van der Waals surface area (Å²) in [6.45, 7) is 9.05. The second-order valence-electron chi connectivity index (χ2n) is 8.67. The lowest BCUT2D eigenvalue weighted by Gasteiger charge is -2.32. The molecule has 0 unspecified atom stereocenters. The molecule has 0 heterocycles. The van der Waals surface area contributed by atoms with Crippen molar-refractivity contribution in [1.29, 1.82) is 10.5 Å². The van der Waals surface area contributed by atoms with Gasteiger partial charge in [-0.25, -0.2) is 0 Å². The number of nitriles is 2. The molecule has 0 aromatic rings. The molecular weight excluding hydrogens is 328 g/mol. The molecule has 26 heavy (non-hydrogen) atoms. The number of nitrogens with one attached hydrogen (secondary N) is 2. The van der Waals surface area contributed by atoms with Crippen LogP contribution < -0.4 is 10.6 Å². The van der Waals surface area contributed by atoms with Gasteiger partial charge in [0, 0.05) is 37.3 Å². The minimum absolute atomic E-state index is 0.117. The lowest BCUT2D eigenvalue weighted by Crippen LogP contribution is -2.36. The fraction of sp³-hybridized carbons (Fsp3) is 0.600. The summed E-state index contributed by atoms with van der Waals surface area (Å²) in [6, 6.07) is 4.03. The Hall–Kier alpha value is -2.60. The third-order valence-corrected chi connectivity index (χ3v) is 4.78. The van der Waals surface area contributed by atoms with Gasteiger partial charge in [-0.1, -0.05) is 27.7 Å². The number of carbonyl (C=O) groups is 2. The molecule has 6 heteroatoms. The summed E-state index contributed by atoms with van der Waals surface area (Å²) in [4.78, 5) is 24.2. The zero-order chi connectivity index (χ0) is 19.5. The van der Waals surface area contributed by atoms with E-state index in [-0.39, 0.29) is 33.5 Å². The Kier molecular flexibility index (Phi) is 5.56. The summed E-state index contributed by atoms with van der Waals surface area (Å²) in [5.74, 6) is -0.235. The van der Waals surface area contributed by atoms with E-state index in [0.29, 0.717) is 50.2 Å². The van der Waals surface area contributed by atoms with Crippen LogP contribution in [0, 0.1) is 33.5 Å². The van der Waals surface area contributed by atoms with Gasteiger partial charge in [0.25, 0.3) is 0 Å². The van der Waals surface area contributed by atoms with Crippen LogP contribution in [0.5, 0.6) is 0 Å². The molecule has 0 aromatic carbocycles. The molecule has 0 atom stereocenters. The van der Waals surface area contributed by atoms with Crippen molar-refractivity contribution in [2.24, 2.45) is 10.8 Å². The smallest absolute Gasteiger partial charge is 0.175 e. The van der Waals surface area contributed by atoms with Crippen molar-refractivity contribution in [2.75, 3.05) is 13.1 Å². The van der Waals surface area contributed by atoms with Crippen LogP contribution in [0.25, 0.3) is 0 Å². The van der Waals surface area contributed by atoms with Crippen molar-refractivity contribution in [3.63, 3.8) is 0 Å². The second kappa shape index (κ2) is 7.33. The van der Waals surface area contributed by atoms with E-state index in [4.69, 9.17) is 0 Å². The molecule has 2 rings (SSSR count). The molecular formula is C20H26N4O2. The molecule has 0 saturated carbocycles. The van der Waals surface area contributed by atoms with Gasteiger partial charge in [0.05, 0.1) is 0 Å². The van der Waals surface area contributed by atoms with E-state index in [2.05, 4.69) is 10.6 Å². The van der Waals surface area contributed by atoms with E-state index in [1.165, 1.54) is 0 Å². The first kappa shape index (κ1) is 19.7.